The monoisotopic (exact) mass is 247 g/mol. The number of rotatable bonds is 5. The van der Waals surface area contributed by atoms with Crippen molar-refractivity contribution in [3.63, 3.8) is 0 Å². The van der Waals surface area contributed by atoms with Crippen molar-refractivity contribution in [3.05, 3.63) is 42.5 Å². The SMILES string of the molecule is CCn1ccnc1CNc1ccccc1SC. The fourth-order valence-corrected chi connectivity index (χ4v) is 2.33. The molecule has 0 saturated heterocycles. The van der Waals surface area contributed by atoms with Gasteiger partial charge in [0.15, 0.2) is 0 Å². The van der Waals surface area contributed by atoms with Gasteiger partial charge in [0.1, 0.15) is 5.82 Å². The Balaban J connectivity index is 2.07. The molecule has 1 N–H and O–H groups in total. The third-order valence-electron chi connectivity index (χ3n) is 2.69. The first-order valence-electron chi connectivity index (χ1n) is 5.72. The van der Waals surface area contributed by atoms with Crippen LogP contribution in [0.2, 0.25) is 0 Å². The maximum Gasteiger partial charge on any atom is 0.128 e. The topological polar surface area (TPSA) is 29.9 Å². The van der Waals surface area contributed by atoms with Crippen molar-refractivity contribution in [1.29, 1.82) is 0 Å². The van der Waals surface area contributed by atoms with Gasteiger partial charge < -0.3 is 9.88 Å². The van der Waals surface area contributed by atoms with Crippen LogP contribution in [-0.4, -0.2) is 15.8 Å². The van der Waals surface area contributed by atoms with Crippen LogP contribution < -0.4 is 5.32 Å². The predicted molar refractivity (Wildman–Crippen MR) is 73.5 cm³/mol. The summed E-state index contributed by atoms with van der Waals surface area (Å²) in [4.78, 5) is 5.62. The van der Waals surface area contributed by atoms with Crippen molar-refractivity contribution in [2.45, 2.75) is 24.9 Å². The summed E-state index contributed by atoms with van der Waals surface area (Å²) in [6.45, 7) is 3.85. The molecular formula is C13H17N3S. The Morgan fingerprint density at radius 2 is 2.18 bits per heavy atom. The van der Waals surface area contributed by atoms with E-state index >= 15 is 0 Å². The molecule has 2 aromatic rings. The maximum absolute atomic E-state index is 4.35. The molecule has 4 heteroatoms. The second-order valence-electron chi connectivity index (χ2n) is 3.68. The Morgan fingerprint density at radius 3 is 2.94 bits per heavy atom. The minimum Gasteiger partial charge on any atom is -0.377 e. The molecule has 0 saturated carbocycles. The van der Waals surface area contributed by atoms with Crippen LogP contribution >= 0.6 is 11.8 Å². The molecule has 0 aliphatic carbocycles. The van der Waals surface area contributed by atoms with Gasteiger partial charge in [-0.1, -0.05) is 12.1 Å². The zero-order chi connectivity index (χ0) is 12.1. The van der Waals surface area contributed by atoms with Crippen molar-refractivity contribution < 1.29 is 0 Å². The number of thioether (sulfide) groups is 1. The number of hydrogen-bond donors (Lipinski definition) is 1. The molecule has 0 amide bonds. The van der Waals surface area contributed by atoms with E-state index in [1.807, 2.05) is 18.5 Å². The number of aryl methyl sites for hydroxylation is 1. The van der Waals surface area contributed by atoms with Gasteiger partial charge in [-0.3, -0.25) is 0 Å². The van der Waals surface area contributed by atoms with Crippen molar-refractivity contribution in [3.8, 4) is 0 Å². The quantitative estimate of drug-likeness (QED) is 0.823. The first kappa shape index (κ1) is 12.0. The van der Waals surface area contributed by atoms with E-state index in [9.17, 15) is 0 Å². The maximum atomic E-state index is 4.35. The molecule has 17 heavy (non-hydrogen) atoms. The van der Waals surface area contributed by atoms with E-state index in [2.05, 4.69) is 46.2 Å². The average molecular weight is 247 g/mol. The van der Waals surface area contributed by atoms with E-state index in [0.29, 0.717) is 0 Å². The van der Waals surface area contributed by atoms with Gasteiger partial charge in [-0.05, 0) is 25.3 Å². The zero-order valence-corrected chi connectivity index (χ0v) is 11.0. The minimum atomic E-state index is 0.762. The van der Waals surface area contributed by atoms with Crippen LogP contribution in [0.3, 0.4) is 0 Å². The number of hydrogen-bond acceptors (Lipinski definition) is 3. The van der Waals surface area contributed by atoms with Crippen LogP contribution in [0.1, 0.15) is 12.7 Å². The third-order valence-corrected chi connectivity index (χ3v) is 3.48. The second-order valence-corrected chi connectivity index (χ2v) is 4.53. The Bertz CT molecular complexity index is 479. The number of imidazole rings is 1. The summed E-state index contributed by atoms with van der Waals surface area (Å²) in [6, 6.07) is 8.34. The molecule has 90 valence electrons. The van der Waals surface area contributed by atoms with E-state index in [1.54, 1.807) is 11.8 Å². The molecule has 1 aromatic carbocycles. The molecular weight excluding hydrogens is 230 g/mol. The molecule has 0 aliphatic rings. The summed E-state index contributed by atoms with van der Waals surface area (Å²) in [7, 11) is 0. The zero-order valence-electron chi connectivity index (χ0n) is 10.2. The molecule has 0 fully saturated rings. The van der Waals surface area contributed by atoms with Gasteiger partial charge in [0.2, 0.25) is 0 Å². The summed E-state index contributed by atoms with van der Waals surface area (Å²) in [5.74, 6) is 1.07. The number of nitrogens with zero attached hydrogens (tertiary/aromatic N) is 2. The lowest BCUT2D eigenvalue weighted by molar-refractivity contribution is 0.707. The van der Waals surface area contributed by atoms with E-state index in [-0.39, 0.29) is 0 Å². The summed E-state index contributed by atoms with van der Waals surface area (Å²) in [6.07, 6.45) is 5.95. The molecule has 0 unspecified atom stereocenters. The van der Waals surface area contributed by atoms with Gasteiger partial charge in [-0.25, -0.2) is 4.98 Å². The Hall–Kier alpha value is -1.42. The molecule has 2 rings (SSSR count). The molecule has 0 spiro atoms. The normalized spacial score (nSPS) is 10.5. The van der Waals surface area contributed by atoms with E-state index in [0.717, 1.165) is 18.9 Å². The van der Waals surface area contributed by atoms with Gasteiger partial charge in [0.25, 0.3) is 0 Å². The van der Waals surface area contributed by atoms with Crippen LogP contribution in [0.5, 0.6) is 0 Å². The minimum absolute atomic E-state index is 0.762. The Kier molecular flexibility index (Phi) is 4.09. The highest BCUT2D eigenvalue weighted by molar-refractivity contribution is 7.98. The van der Waals surface area contributed by atoms with Crippen molar-refractivity contribution in [2.24, 2.45) is 0 Å². The molecule has 1 heterocycles. The molecule has 0 aliphatic heterocycles. The molecule has 0 bridgehead atoms. The highest BCUT2D eigenvalue weighted by Gasteiger charge is 2.03. The van der Waals surface area contributed by atoms with Gasteiger partial charge in [0, 0.05) is 29.5 Å². The molecule has 0 radical (unpaired) electrons. The third kappa shape index (κ3) is 2.82. The van der Waals surface area contributed by atoms with Crippen LogP contribution in [0, 0.1) is 0 Å². The average Bonchev–Trinajstić information content (AvgIpc) is 2.84. The number of nitrogens with one attached hydrogen (secondary N) is 1. The molecule has 1 aromatic heterocycles. The summed E-state index contributed by atoms with van der Waals surface area (Å²) < 4.78 is 2.15. The lowest BCUT2D eigenvalue weighted by Gasteiger charge is -2.10. The van der Waals surface area contributed by atoms with Crippen LogP contribution in [0.25, 0.3) is 0 Å². The number of benzene rings is 1. The van der Waals surface area contributed by atoms with Crippen molar-refractivity contribution in [2.75, 3.05) is 11.6 Å². The summed E-state index contributed by atoms with van der Waals surface area (Å²) >= 11 is 1.75. The number of anilines is 1. The number of aromatic nitrogens is 2. The van der Waals surface area contributed by atoms with Gasteiger partial charge >= 0.3 is 0 Å². The van der Waals surface area contributed by atoms with E-state index in [4.69, 9.17) is 0 Å². The molecule has 3 nitrogen and oxygen atoms in total. The summed E-state index contributed by atoms with van der Waals surface area (Å²) in [5, 5.41) is 3.44. The van der Waals surface area contributed by atoms with Gasteiger partial charge in [0.05, 0.1) is 6.54 Å². The van der Waals surface area contributed by atoms with Crippen LogP contribution in [-0.2, 0) is 13.1 Å². The second kappa shape index (κ2) is 5.77. The van der Waals surface area contributed by atoms with Crippen LogP contribution in [0.4, 0.5) is 5.69 Å². The van der Waals surface area contributed by atoms with Crippen LogP contribution in [0.15, 0.2) is 41.6 Å². The lowest BCUT2D eigenvalue weighted by atomic mass is 10.3. The van der Waals surface area contributed by atoms with Gasteiger partial charge in [-0.2, -0.15) is 0 Å². The lowest BCUT2D eigenvalue weighted by Crippen LogP contribution is -2.07. The van der Waals surface area contributed by atoms with Crippen molar-refractivity contribution in [1.82, 2.24) is 9.55 Å². The summed E-state index contributed by atoms with van der Waals surface area (Å²) in [5.41, 5.74) is 1.17. The Morgan fingerprint density at radius 1 is 1.35 bits per heavy atom. The predicted octanol–water partition coefficient (Wildman–Crippen LogP) is 3.24. The molecule has 0 atom stereocenters. The Labute approximate surface area is 106 Å². The van der Waals surface area contributed by atoms with E-state index in [1.165, 1.54) is 10.6 Å². The highest BCUT2D eigenvalue weighted by atomic mass is 32.2. The fraction of sp³-hybridized carbons (Fsp3) is 0.308. The fourth-order valence-electron chi connectivity index (χ4n) is 1.76. The van der Waals surface area contributed by atoms with Gasteiger partial charge in [-0.15, -0.1) is 11.8 Å². The highest BCUT2D eigenvalue weighted by Crippen LogP contribution is 2.24. The smallest absolute Gasteiger partial charge is 0.128 e. The first-order valence-corrected chi connectivity index (χ1v) is 6.94. The standard InChI is InChI=1S/C13H17N3S/c1-3-16-9-8-14-13(16)10-15-11-6-4-5-7-12(11)17-2/h4-9,15H,3,10H2,1-2H3. The van der Waals surface area contributed by atoms with Crippen molar-refractivity contribution >= 4 is 17.4 Å². The largest absolute Gasteiger partial charge is 0.377 e. The number of para-hydroxylation sites is 1. The van der Waals surface area contributed by atoms with E-state index < -0.39 is 0 Å². The first-order chi connectivity index (χ1) is 8.35.